The molecule has 0 unspecified atom stereocenters. The fraction of sp³-hybridized carbons (Fsp3) is 0.722. The number of piperazine rings is 1. The molecule has 0 aliphatic carbocycles. The number of piperidine rings is 1. The smallest absolute Gasteiger partial charge is 0.244 e. The predicted octanol–water partition coefficient (Wildman–Crippen LogP) is -0.417. The van der Waals surface area contributed by atoms with Gasteiger partial charge in [-0.3, -0.25) is 19.2 Å². The van der Waals surface area contributed by atoms with E-state index in [4.69, 9.17) is 0 Å². The van der Waals surface area contributed by atoms with Gasteiger partial charge >= 0.3 is 0 Å². The van der Waals surface area contributed by atoms with Crippen molar-refractivity contribution in [1.29, 1.82) is 0 Å². The largest absolute Gasteiger partial charge is 0.348 e. The molecule has 2 amide bonds. The van der Waals surface area contributed by atoms with Crippen molar-refractivity contribution in [1.82, 2.24) is 29.8 Å². The molecule has 0 bridgehead atoms. The lowest BCUT2D eigenvalue weighted by Gasteiger charge is -2.34. The zero-order valence-electron chi connectivity index (χ0n) is 15.9. The summed E-state index contributed by atoms with van der Waals surface area (Å²) >= 11 is 0. The van der Waals surface area contributed by atoms with Crippen LogP contribution >= 0.6 is 0 Å². The Kier molecular flexibility index (Phi) is 6.26. The summed E-state index contributed by atoms with van der Waals surface area (Å²) in [6, 6.07) is 2.04. The van der Waals surface area contributed by atoms with E-state index in [9.17, 15) is 9.59 Å². The molecule has 0 saturated carbocycles. The second kappa shape index (κ2) is 8.64. The maximum Gasteiger partial charge on any atom is 0.244 e. The maximum absolute atomic E-state index is 12.5. The molecule has 8 heteroatoms. The number of likely N-dealkylation sites (N-methyl/N-ethyl adjacent to an activating group) is 1. The third kappa shape index (κ3) is 4.82. The number of nitrogens with zero attached hydrogens (tertiary/aromatic N) is 5. The molecular formula is C18H30N6O2. The van der Waals surface area contributed by atoms with E-state index in [1.54, 1.807) is 23.7 Å². The third-order valence-corrected chi connectivity index (χ3v) is 5.26. The van der Waals surface area contributed by atoms with Gasteiger partial charge in [0.1, 0.15) is 6.54 Å². The number of carbonyl (C=O) groups excluding carboxylic acids is 2. The van der Waals surface area contributed by atoms with Crippen LogP contribution < -0.4 is 5.32 Å². The van der Waals surface area contributed by atoms with Gasteiger partial charge in [0.05, 0.1) is 12.2 Å². The summed E-state index contributed by atoms with van der Waals surface area (Å²) in [6.07, 6.45) is 4.25. The Morgan fingerprint density at radius 2 is 2.00 bits per heavy atom. The van der Waals surface area contributed by atoms with Crippen molar-refractivity contribution in [3.8, 4) is 0 Å². The molecule has 0 radical (unpaired) electrons. The van der Waals surface area contributed by atoms with Crippen molar-refractivity contribution >= 4 is 11.8 Å². The van der Waals surface area contributed by atoms with Crippen LogP contribution in [0.3, 0.4) is 0 Å². The maximum atomic E-state index is 12.5. The zero-order chi connectivity index (χ0) is 18.5. The number of rotatable bonds is 5. The summed E-state index contributed by atoms with van der Waals surface area (Å²) in [5, 5.41) is 8.01. The number of nitrogens with one attached hydrogen (secondary N) is 1. The van der Waals surface area contributed by atoms with Crippen molar-refractivity contribution in [3.05, 3.63) is 18.0 Å². The molecule has 1 aromatic heterocycles. The molecule has 8 nitrogen and oxygen atoms in total. The molecular weight excluding hydrogens is 332 g/mol. The second-order valence-corrected chi connectivity index (χ2v) is 7.43. The summed E-state index contributed by atoms with van der Waals surface area (Å²) in [7, 11) is 3.54. The van der Waals surface area contributed by atoms with Crippen LogP contribution in [0.15, 0.2) is 12.3 Å². The standard InChI is InChI=1S/C18H30N6O2/c1-21(2)17(25)13-22-8-10-23(11-9-22)18(26)14-24-7-5-16(20-24)15-4-3-6-19-12-15/h5,7,15,19H,3-4,6,8-14H2,1-2H3/t15-/m0/s1. The lowest BCUT2D eigenvalue weighted by molar-refractivity contribution is -0.134. The molecule has 1 N–H and O–H groups in total. The minimum Gasteiger partial charge on any atom is -0.348 e. The molecule has 0 aromatic carbocycles. The van der Waals surface area contributed by atoms with E-state index in [1.807, 2.05) is 17.2 Å². The molecule has 2 fully saturated rings. The Morgan fingerprint density at radius 1 is 1.23 bits per heavy atom. The van der Waals surface area contributed by atoms with E-state index in [0.717, 1.165) is 38.3 Å². The fourth-order valence-corrected chi connectivity index (χ4v) is 3.51. The van der Waals surface area contributed by atoms with Gasteiger partial charge < -0.3 is 15.1 Å². The first-order valence-corrected chi connectivity index (χ1v) is 9.47. The summed E-state index contributed by atoms with van der Waals surface area (Å²) in [5.41, 5.74) is 1.08. The average molecular weight is 362 g/mol. The van der Waals surface area contributed by atoms with E-state index >= 15 is 0 Å². The Balaban J connectivity index is 1.46. The Hall–Kier alpha value is -1.93. The van der Waals surface area contributed by atoms with Crippen LogP contribution in [-0.4, -0.2) is 96.2 Å². The highest BCUT2D eigenvalue weighted by Crippen LogP contribution is 2.21. The lowest BCUT2D eigenvalue weighted by atomic mass is 9.97. The van der Waals surface area contributed by atoms with Crippen LogP contribution in [0.5, 0.6) is 0 Å². The molecule has 3 rings (SSSR count). The molecule has 2 aliphatic heterocycles. The third-order valence-electron chi connectivity index (χ3n) is 5.26. The van der Waals surface area contributed by atoms with Crippen molar-refractivity contribution in [2.24, 2.45) is 0 Å². The number of hydrogen-bond acceptors (Lipinski definition) is 5. The Bertz CT molecular complexity index is 615. The SMILES string of the molecule is CN(C)C(=O)CN1CCN(C(=O)Cn2ccc([C@H]3CCCNC3)n2)CC1. The van der Waals surface area contributed by atoms with Gasteiger partial charge in [-0.25, -0.2) is 0 Å². The quantitative estimate of drug-likeness (QED) is 0.770. The first-order valence-electron chi connectivity index (χ1n) is 9.47. The molecule has 144 valence electrons. The molecule has 2 saturated heterocycles. The highest BCUT2D eigenvalue weighted by molar-refractivity contribution is 5.78. The number of aromatic nitrogens is 2. The van der Waals surface area contributed by atoms with E-state index in [-0.39, 0.29) is 18.4 Å². The number of carbonyl (C=O) groups is 2. The average Bonchev–Trinajstić information content (AvgIpc) is 3.11. The van der Waals surface area contributed by atoms with Gasteiger partial charge in [-0.05, 0) is 25.5 Å². The molecule has 3 heterocycles. The van der Waals surface area contributed by atoms with E-state index < -0.39 is 0 Å². The minimum atomic E-state index is 0.0972. The summed E-state index contributed by atoms with van der Waals surface area (Å²) in [5.74, 6) is 0.656. The monoisotopic (exact) mass is 362 g/mol. The van der Waals surface area contributed by atoms with Crippen molar-refractivity contribution in [2.45, 2.75) is 25.3 Å². The van der Waals surface area contributed by atoms with Crippen LogP contribution in [0.25, 0.3) is 0 Å². The topological polar surface area (TPSA) is 73.7 Å². The normalized spacial score (nSPS) is 21.6. The van der Waals surface area contributed by atoms with E-state index in [0.29, 0.717) is 25.6 Å². The Morgan fingerprint density at radius 3 is 2.65 bits per heavy atom. The van der Waals surface area contributed by atoms with Crippen LogP contribution in [0.4, 0.5) is 0 Å². The molecule has 0 spiro atoms. The molecule has 2 aliphatic rings. The summed E-state index contributed by atoms with van der Waals surface area (Å²) in [4.78, 5) is 29.9. The number of amides is 2. The van der Waals surface area contributed by atoms with Crippen LogP contribution in [0, 0.1) is 0 Å². The molecule has 26 heavy (non-hydrogen) atoms. The van der Waals surface area contributed by atoms with Gasteiger partial charge in [0.2, 0.25) is 11.8 Å². The summed E-state index contributed by atoms with van der Waals surface area (Å²) in [6.45, 7) is 5.58. The van der Waals surface area contributed by atoms with E-state index in [2.05, 4.69) is 15.3 Å². The van der Waals surface area contributed by atoms with E-state index in [1.165, 1.54) is 6.42 Å². The van der Waals surface area contributed by atoms with Crippen molar-refractivity contribution in [3.63, 3.8) is 0 Å². The van der Waals surface area contributed by atoms with Crippen molar-refractivity contribution < 1.29 is 9.59 Å². The van der Waals surface area contributed by atoms with Crippen LogP contribution in [0.1, 0.15) is 24.5 Å². The van der Waals surface area contributed by atoms with Gasteiger partial charge in [-0.15, -0.1) is 0 Å². The van der Waals surface area contributed by atoms with Gasteiger partial charge in [0.25, 0.3) is 0 Å². The van der Waals surface area contributed by atoms with Gasteiger partial charge in [0, 0.05) is 58.9 Å². The van der Waals surface area contributed by atoms with Gasteiger partial charge in [-0.2, -0.15) is 5.10 Å². The molecule has 1 aromatic rings. The first kappa shape index (κ1) is 18.8. The second-order valence-electron chi connectivity index (χ2n) is 7.43. The van der Waals surface area contributed by atoms with Crippen molar-refractivity contribution in [2.75, 3.05) is 59.9 Å². The Labute approximate surface area is 155 Å². The highest BCUT2D eigenvalue weighted by atomic mass is 16.2. The lowest BCUT2D eigenvalue weighted by Crippen LogP contribution is -2.51. The van der Waals surface area contributed by atoms with Crippen LogP contribution in [-0.2, 0) is 16.1 Å². The fourth-order valence-electron chi connectivity index (χ4n) is 3.51. The first-order chi connectivity index (χ1) is 12.5. The zero-order valence-corrected chi connectivity index (χ0v) is 15.9. The highest BCUT2D eigenvalue weighted by Gasteiger charge is 2.23. The predicted molar refractivity (Wildman–Crippen MR) is 98.8 cm³/mol. The summed E-state index contributed by atoms with van der Waals surface area (Å²) < 4.78 is 1.76. The minimum absolute atomic E-state index is 0.0972. The van der Waals surface area contributed by atoms with Gasteiger partial charge in [0.15, 0.2) is 0 Å². The molecule has 1 atom stereocenters. The number of hydrogen-bond donors (Lipinski definition) is 1. The van der Waals surface area contributed by atoms with Crippen LogP contribution in [0.2, 0.25) is 0 Å². The van der Waals surface area contributed by atoms with Gasteiger partial charge in [-0.1, -0.05) is 0 Å².